The van der Waals surface area contributed by atoms with E-state index < -0.39 is 0 Å². The number of hydrogen-bond acceptors (Lipinski definition) is 3. The van der Waals surface area contributed by atoms with Crippen LogP contribution in [0.2, 0.25) is 0 Å². The molecule has 2 aromatic heterocycles. The number of aromatic amines is 1. The molecular weight excluding hydrogens is 254 g/mol. The first-order chi connectivity index (χ1) is 9.74. The average Bonchev–Trinajstić information content (AvgIpc) is 3.08. The zero-order valence-electron chi connectivity index (χ0n) is 11.4. The largest absolute Gasteiger partial charge is 0.487 e. The summed E-state index contributed by atoms with van der Waals surface area (Å²) in [6.07, 6.45) is 7.90. The fourth-order valence-electron chi connectivity index (χ4n) is 2.46. The predicted octanol–water partition coefficient (Wildman–Crippen LogP) is 2.01. The highest BCUT2D eigenvalue weighted by atomic mass is 16.5. The fourth-order valence-corrected chi connectivity index (χ4v) is 2.46. The number of likely N-dealkylation sites (tertiary alicyclic amines) is 1. The second kappa shape index (κ2) is 5.36. The molecule has 20 heavy (non-hydrogen) atoms. The summed E-state index contributed by atoms with van der Waals surface area (Å²) in [4.78, 5) is 21.2. The average molecular weight is 271 g/mol. The standard InChI is InChI=1S/C15H17N3O2/c1-11-7-17-9-14(11)15(19)18-6-4-13(10-18)20-12-3-2-5-16-8-12/h2-3,5,7-9,13,17H,4,6,10H2,1H3. The molecule has 1 N–H and O–H groups in total. The molecule has 2 aromatic rings. The molecule has 0 spiro atoms. The fraction of sp³-hybridized carbons (Fsp3) is 0.333. The first-order valence-electron chi connectivity index (χ1n) is 6.73. The second-order valence-corrected chi connectivity index (χ2v) is 5.02. The third-order valence-electron chi connectivity index (χ3n) is 3.55. The summed E-state index contributed by atoms with van der Waals surface area (Å²) in [6.45, 7) is 3.29. The van der Waals surface area contributed by atoms with E-state index in [1.54, 1.807) is 18.6 Å². The second-order valence-electron chi connectivity index (χ2n) is 5.02. The third-order valence-corrected chi connectivity index (χ3v) is 3.55. The maximum atomic E-state index is 12.4. The van der Waals surface area contributed by atoms with Gasteiger partial charge in [-0.25, -0.2) is 0 Å². The molecule has 3 heterocycles. The zero-order chi connectivity index (χ0) is 13.9. The Balaban J connectivity index is 1.62. The SMILES string of the molecule is Cc1c[nH]cc1C(=O)N1CCC(Oc2cccnc2)C1. The van der Waals surface area contributed by atoms with Crippen LogP contribution in [0.15, 0.2) is 36.9 Å². The van der Waals surface area contributed by atoms with Gasteiger partial charge in [-0.05, 0) is 24.6 Å². The Bertz CT molecular complexity index is 594. The number of pyridine rings is 1. The van der Waals surface area contributed by atoms with Crippen LogP contribution < -0.4 is 4.74 Å². The third kappa shape index (κ3) is 2.52. The molecule has 1 unspecified atom stereocenters. The van der Waals surface area contributed by atoms with E-state index in [2.05, 4.69) is 9.97 Å². The molecule has 1 aliphatic rings. The minimum absolute atomic E-state index is 0.0439. The van der Waals surface area contributed by atoms with Crippen molar-refractivity contribution in [1.82, 2.24) is 14.9 Å². The van der Waals surface area contributed by atoms with Gasteiger partial charge in [0.2, 0.25) is 0 Å². The number of H-pyrrole nitrogens is 1. The van der Waals surface area contributed by atoms with Gasteiger partial charge in [0.1, 0.15) is 11.9 Å². The van der Waals surface area contributed by atoms with E-state index in [1.165, 1.54) is 0 Å². The van der Waals surface area contributed by atoms with E-state index in [0.29, 0.717) is 6.54 Å². The Kier molecular flexibility index (Phi) is 3.41. The topological polar surface area (TPSA) is 58.2 Å². The molecule has 5 nitrogen and oxygen atoms in total. The van der Waals surface area contributed by atoms with Crippen molar-refractivity contribution >= 4 is 5.91 Å². The van der Waals surface area contributed by atoms with Gasteiger partial charge >= 0.3 is 0 Å². The minimum Gasteiger partial charge on any atom is -0.487 e. The molecule has 1 aliphatic heterocycles. The first-order valence-corrected chi connectivity index (χ1v) is 6.73. The summed E-state index contributed by atoms with van der Waals surface area (Å²) in [5, 5.41) is 0. The Morgan fingerprint density at radius 3 is 3.10 bits per heavy atom. The molecule has 0 radical (unpaired) electrons. The van der Waals surface area contributed by atoms with Crippen molar-refractivity contribution in [3.63, 3.8) is 0 Å². The molecule has 5 heteroatoms. The summed E-state index contributed by atoms with van der Waals surface area (Å²) < 4.78 is 5.84. The van der Waals surface area contributed by atoms with Crippen LogP contribution in [0.4, 0.5) is 0 Å². The van der Waals surface area contributed by atoms with Gasteiger partial charge in [-0.3, -0.25) is 9.78 Å². The number of carbonyl (C=O) groups excluding carboxylic acids is 1. The van der Waals surface area contributed by atoms with Crippen LogP contribution >= 0.6 is 0 Å². The molecule has 1 atom stereocenters. The monoisotopic (exact) mass is 271 g/mol. The van der Waals surface area contributed by atoms with Crippen LogP contribution in [-0.2, 0) is 0 Å². The molecule has 3 rings (SSSR count). The van der Waals surface area contributed by atoms with Crippen molar-refractivity contribution in [2.75, 3.05) is 13.1 Å². The lowest BCUT2D eigenvalue weighted by Gasteiger charge is -2.17. The van der Waals surface area contributed by atoms with Crippen molar-refractivity contribution in [2.45, 2.75) is 19.4 Å². The molecule has 0 saturated carbocycles. The Labute approximate surface area is 117 Å². The molecule has 0 aliphatic carbocycles. The van der Waals surface area contributed by atoms with E-state index >= 15 is 0 Å². The van der Waals surface area contributed by atoms with Gasteiger partial charge in [0.05, 0.1) is 18.3 Å². The van der Waals surface area contributed by atoms with Gasteiger partial charge in [-0.1, -0.05) is 0 Å². The number of hydrogen-bond donors (Lipinski definition) is 1. The van der Waals surface area contributed by atoms with E-state index in [9.17, 15) is 4.79 Å². The van der Waals surface area contributed by atoms with Gasteiger partial charge in [0, 0.05) is 31.6 Å². The number of rotatable bonds is 3. The molecular formula is C15H17N3O2. The summed E-state index contributed by atoms with van der Waals surface area (Å²) in [5.41, 5.74) is 1.72. The lowest BCUT2D eigenvalue weighted by atomic mass is 10.2. The first kappa shape index (κ1) is 12.7. The quantitative estimate of drug-likeness (QED) is 0.929. The van der Waals surface area contributed by atoms with E-state index in [1.807, 2.05) is 30.2 Å². The van der Waals surface area contributed by atoms with Crippen molar-refractivity contribution in [2.24, 2.45) is 0 Å². The van der Waals surface area contributed by atoms with Crippen molar-refractivity contribution in [1.29, 1.82) is 0 Å². The van der Waals surface area contributed by atoms with Gasteiger partial charge in [0.25, 0.3) is 5.91 Å². The number of nitrogens with zero attached hydrogens (tertiary/aromatic N) is 2. The number of amides is 1. The number of ether oxygens (including phenoxy) is 1. The lowest BCUT2D eigenvalue weighted by molar-refractivity contribution is 0.0772. The van der Waals surface area contributed by atoms with Crippen LogP contribution in [0.5, 0.6) is 5.75 Å². The molecule has 0 aromatic carbocycles. The summed E-state index contributed by atoms with van der Waals surface area (Å²) in [5.74, 6) is 0.825. The molecule has 1 saturated heterocycles. The number of aromatic nitrogens is 2. The maximum absolute atomic E-state index is 12.4. The number of aryl methyl sites for hydroxylation is 1. The lowest BCUT2D eigenvalue weighted by Crippen LogP contribution is -2.31. The number of nitrogens with one attached hydrogen (secondary N) is 1. The van der Waals surface area contributed by atoms with Crippen LogP contribution in [0.1, 0.15) is 22.3 Å². The maximum Gasteiger partial charge on any atom is 0.255 e. The highest BCUT2D eigenvalue weighted by Crippen LogP contribution is 2.20. The van der Waals surface area contributed by atoms with Gasteiger partial charge in [-0.2, -0.15) is 0 Å². The molecule has 104 valence electrons. The van der Waals surface area contributed by atoms with Crippen LogP contribution in [0.3, 0.4) is 0 Å². The smallest absolute Gasteiger partial charge is 0.255 e. The van der Waals surface area contributed by atoms with E-state index in [4.69, 9.17) is 4.74 Å². The van der Waals surface area contributed by atoms with Crippen molar-refractivity contribution < 1.29 is 9.53 Å². The molecule has 1 amide bonds. The summed E-state index contributed by atoms with van der Waals surface area (Å²) in [7, 11) is 0. The molecule has 0 bridgehead atoms. The predicted molar refractivity (Wildman–Crippen MR) is 74.7 cm³/mol. The van der Waals surface area contributed by atoms with Gasteiger partial charge in [-0.15, -0.1) is 0 Å². The van der Waals surface area contributed by atoms with Crippen molar-refractivity contribution in [3.8, 4) is 5.75 Å². The van der Waals surface area contributed by atoms with Crippen LogP contribution in [0, 0.1) is 6.92 Å². The van der Waals surface area contributed by atoms with Crippen molar-refractivity contribution in [3.05, 3.63) is 48.0 Å². The van der Waals surface area contributed by atoms with E-state index in [0.717, 1.165) is 29.8 Å². The van der Waals surface area contributed by atoms with E-state index in [-0.39, 0.29) is 12.0 Å². The molecule has 1 fully saturated rings. The number of carbonyl (C=O) groups is 1. The highest BCUT2D eigenvalue weighted by Gasteiger charge is 2.29. The van der Waals surface area contributed by atoms with Gasteiger partial charge in [0.15, 0.2) is 0 Å². The Morgan fingerprint density at radius 1 is 1.50 bits per heavy atom. The minimum atomic E-state index is 0.0439. The van der Waals surface area contributed by atoms with Gasteiger partial charge < -0.3 is 14.6 Å². The van der Waals surface area contributed by atoms with Crippen LogP contribution in [0.25, 0.3) is 0 Å². The highest BCUT2D eigenvalue weighted by molar-refractivity contribution is 5.95. The zero-order valence-corrected chi connectivity index (χ0v) is 11.4. The summed E-state index contributed by atoms with van der Waals surface area (Å²) in [6, 6.07) is 3.73. The summed E-state index contributed by atoms with van der Waals surface area (Å²) >= 11 is 0. The Hall–Kier alpha value is -2.30. The normalized spacial score (nSPS) is 18.2. The Morgan fingerprint density at radius 2 is 2.40 bits per heavy atom. The van der Waals surface area contributed by atoms with Crippen LogP contribution in [-0.4, -0.2) is 40.0 Å².